The number of nitrogens with two attached hydrogens (primary N) is 1. The highest BCUT2D eigenvalue weighted by Gasteiger charge is 2.55. The van der Waals surface area contributed by atoms with E-state index in [2.05, 4.69) is 25.7 Å². The van der Waals surface area contributed by atoms with E-state index in [4.69, 9.17) is 20.0 Å². The lowest BCUT2D eigenvalue weighted by molar-refractivity contribution is -0.163. The normalized spacial score (nSPS) is 17.5. The van der Waals surface area contributed by atoms with Gasteiger partial charge in [-0.1, -0.05) is 88.9 Å². The highest BCUT2D eigenvalue weighted by Crippen LogP contribution is 2.37. The summed E-state index contributed by atoms with van der Waals surface area (Å²) in [6.07, 6.45) is -0.782. The molecule has 2 aliphatic heterocycles. The molecule has 13 nitrogen and oxygen atoms in total. The van der Waals surface area contributed by atoms with Crippen LogP contribution in [0.3, 0.4) is 0 Å². The van der Waals surface area contributed by atoms with Gasteiger partial charge in [0.1, 0.15) is 48.9 Å². The number of hydrogen-bond donors (Lipinski definition) is 2. The summed E-state index contributed by atoms with van der Waals surface area (Å²) in [7, 11) is 0. The molecule has 2 amide bonds. The van der Waals surface area contributed by atoms with Crippen LogP contribution in [-0.2, 0) is 28.7 Å². The van der Waals surface area contributed by atoms with E-state index in [1.165, 1.54) is 33.4 Å². The maximum Gasteiger partial charge on any atom is 0.359 e. The van der Waals surface area contributed by atoms with Gasteiger partial charge in [0.15, 0.2) is 27.0 Å². The Morgan fingerprint density at radius 3 is 2.49 bits per heavy atom. The van der Waals surface area contributed by atoms with Crippen LogP contribution in [0.4, 0.5) is 9.52 Å². The number of thiazole rings is 1. The molecule has 0 saturated carbocycles. The number of carbonyl (C=O) groups excluding carboxylic acids is 3. The van der Waals surface area contributed by atoms with Crippen molar-refractivity contribution in [3.05, 3.63) is 99.8 Å². The number of aromatic nitrogens is 3. The average Bonchev–Trinajstić information content (AvgIpc) is 3.79. The van der Waals surface area contributed by atoms with E-state index in [0.29, 0.717) is 4.34 Å². The molecule has 0 bridgehead atoms. The zero-order valence-corrected chi connectivity index (χ0v) is 26.8. The zero-order valence-electron chi connectivity index (χ0n) is 24.4. The Labute approximate surface area is 279 Å². The number of amides is 2. The van der Waals surface area contributed by atoms with E-state index in [-0.39, 0.29) is 47.0 Å². The third kappa shape index (κ3) is 7.11. The molecule has 0 spiro atoms. The Morgan fingerprint density at radius 1 is 1.15 bits per heavy atom. The molecule has 0 aliphatic carbocycles. The molecule has 2 unspecified atom stereocenters. The fourth-order valence-electron chi connectivity index (χ4n) is 4.92. The van der Waals surface area contributed by atoms with Crippen molar-refractivity contribution in [2.75, 3.05) is 31.4 Å². The first-order chi connectivity index (χ1) is 22.9. The summed E-state index contributed by atoms with van der Waals surface area (Å²) < 4.78 is 25.5. The number of anilines is 1. The van der Waals surface area contributed by atoms with E-state index in [1.807, 2.05) is 60.7 Å². The number of carbonyl (C=O) groups is 3. The summed E-state index contributed by atoms with van der Waals surface area (Å²) in [6, 6.07) is 16.6. The van der Waals surface area contributed by atoms with Gasteiger partial charge >= 0.3 is 5.97 Å². The first kappa shape index (κ1) is 32.1. The predicted octanol–water partition coefficient (Wildman–Crippen LogP) is 3.33. The number of halogens is 1. The molecule has 17 heteroatoms. The number of nitrogen functional groups attached to an aromatic ring is 1. The Morgan fingerprint density at radius 2 is 1.87 bits per heavy atom. The van der Waals surface area contributed by atoms with Crippen molar-refractivity contribution in [2.45, 2.75) is 22.5 Å². The molecule has 2 aromatic heterocycles. The number of rotatable bonds is 13. The van der Waals surface area contributed by atoms with Crippen molar-refractivity contribution in [2.24, 2.45) is 5.16 Å². The first-order valence-corrected chi connectivity index (χ1v) is 16.9. The van der Waals surface area contributed by atoms with Gasteiger partial charge in [-0.15, -0.1) is 21.5 Å². The molecule has 1 saturated heterocycles. The van der Waals surface area contributed by atoms with Crippen LogP contribution in [0.1, 0.15) is 22.9 Å². The van der Waals surface area contributed by atoms with Gasteiger partial charge in [0.25, 0.3) is 11.8 Å². The van der Waals surface area contributed by atoms with E-state index in [0.717, 1.165) is 22.5 Å². The Hall–Kier alpha value is -4.87. The molecule has 0 radical (unpaired) electrons. The SMILES string of the molecule is Nc1nc(/C(=N/OCCF)C(=O)NC2C(=O)N3C(C(=O)OC(c4ccccc4)c4ccccc4)=C(CSc4nncs4)OCC23)cs1. The minimum absolute atomic E-state index is 0.0191. The van der Waals surface area contributed by atoms with E-state index >= 15 is 0 Å². The van der Waals surface area contributed by atoms with Gasteiger partial charge in [0.2, 0.25) is 0 Å². The maximum absolute atomic E-state index is 14.1. The third-order valence-electron chi connectivity index (χ3n) is 7.03. The molecule has 3 N–H and O–H groups in total. The molecule has 242 valence electrons. The van der Waals surface area contributed by atoms with Gasteiger partial charge in [0.05, 0.1) is 5.75 Å². The number of thioether (sulfide) groups is 1. The van der Waals surface area contributed by atoms with Crippen LogP contribution in [0.5, 0.6) is 0 Å². The highest BCUT2D eigenvalue weighted by molar-refractivity contribution is 8.01. The van der Waals surface area contributed by atoms with Crippen LogP contribution >= 0.6 is 34.4 Å². The maximum atomic E-state index is 14.1. The minimum Gasteiger partial charge on any atom is -0.492 e. The van der Waals surface area contributed by atoms with Crippen LogP contribution in [-0.4, -0.2) is 81.3 Å². The highest BCUT2D eigenvalue weighted by atomic mass is 32.2. The number of ether oxygens (including phenoxy) is 2. The second kappa shape index (κ2) is 14.7. The Bertz CT molecular complexity index is 1750. The first-order valence-electron chi connectivity index (χ1n) is 14.1. The summed E-state index contributed by atoms with van der Waals surface area (Å²) in [6.45, 7) is -1.23. The van der Waals surface area contributed by atoms with Crippen molar-refractivity contribution in [3.63, 3.8) is 0 Å². The molecule has 6 rings (SSSR count). The van der Waals surface area contributed by atoms with E-state index < -0.39 is 42.6 Å². The average molecular weight is 696 g/mol. The lowest BCUT2D eigenvalue weighted by Crippen LogP contribution is -2.73. The lowest BCUT2D eigenvalue weighted by atomic mass is 9.92. The summed E-state index contributed by atoms with van der Waals surface area (Å²) in [4.78, 5) is 51.3. The van der Waals surface area contributed by atoms with Gasteiger partial charge in [0, 0.05) is 5.38 Å². The van der Waals surface area contributed by atoms with Crippen LogP contribution in [0.15, 0.2) is 92.5 Å². The number of esters is 1. The number of fused-ring (bicyclic) bond motifs is 1. The molecule has 4 heterocycles. The van der Waals surface area contributed by atoms with Crippen LogP contribution in [0.2, 0.25) is 0 Å². The Kier molecular flexibility index (Phi) is 10.0. The quantitative estimate of drug-likeness (QED) is 0.0525. The smallest absolute Gasteiger partial charge is 0.359 e. The van der Waals surface area contributed by atoms with Crippen LogP contribution in [0.25, 0.3) is 0 Å². The topological polar surface area (TPSA) is 171 Å². The molecule has 2 atom stereocenters. The monoisotopic (exact) mass is 695 g/mol. The van der Waals surface area contributed by atoms with Crippen molar-refractivity contribution < 1.29 is 33.1 Å². The molecule has 2 aromatic carbocycles. The van der Waals surface area contributed by atoms with Crippen molar-refractivity contribution in [1.82, 2.24) is 25.4 Å². The van der Waals surface area contributed by atoms with Crippen LogP contribution in [0, 0.1) is 0 Å². The number of oxime groups is 1. The molecular formula is C30H26FN7O6S3. The standard InChI is InChI=1S/C30H26FN7O6S3/c31-11-12-43-37-22(19-14-45-29(32)34-19)26(39)35-23-20-13-42-21(15-46-30-36-33-16-47-30)24(38(20)27(23)40)28(41)44-25(17-7-3-1-4-8-17)18-9-5-2-6-10-18/h1-10,14,16,20,23,25H,11-13,15H2,(H2,32,34)(H,35,39)/b37-22-. The lowest BCUT2D eigenvalue weighted by Gasteiger charge is -2.49. The van der Waals surface area contributed by atoms with Crippen molar-refractivity contribution in [3.8, 4) is 0 Å². The van der Waals surface area contributed by atoms with Crippen molar-refractivity contribution in [1.29, 1.82) is 0 Å². The Balaban J connectivity index is 1.27. The van der Waals surface area contributed by atoms with Gasteiger partial charge < -0.3 is 25.4 Å². The van der Waals surface area contributed by atoms with Crippen LogP contribution < -0.4 is 11.1 Å². The van der Waals surface area contributed by atoms with E-state index in [9.17, 15) is 18.8 Å². The van der Waals surface area contributed by atoms with Gasteiger partial charge in [-0.2, -0.15) is 0 Å². The summed E-state index contributed by atoms with van der Waals surface area (Å²) in [5.74, 6) is -1.74. The second-order valence-corrected chi connectivity index (χ2v) is 12.9. The van der Waals surface area contributed by atoms with Gasteiger partial charge in [-0.3, -0.25) is 14.5 Å². The molecule has 47 heavy (non-hydrogen) atoms. The zero-order chi connectivity index (χ0) is 32.8. The van der Waals surface area contributed by atoms with E-state index in [1.54, 1.807) is 5.51 Å². The summed E-state index contributed by atoms with van der Waals surface area (Å²) in [5, 5.41) is 15.9. The molecule has 4 aromatic rings. The molecule has 2 aliphatic rings. The molecular weight excluding hydrogens is 670 g/mol. The minimum atomic E-state index is -1.08. The number of alkyl halides is 1. The molecule has 1 fully saturated rings. The summed E-state index contributed by atoms with van der Waals surface area (Å²) >= 11 is 3.69. The second-order valence-electron chi connectivity index (χ2n) is 9.94. The number of β-lactam (4-membered cyclic amide) rings is 1. The largest absolute Gasteiger partial charge is 0.492 e. The fourth-order valence-corrected chi connectivity index (χ4v) is 6.90. The number of nitrogens with zero attached hydrogens (tertiary/aromatic N) is 5. The number of benzene rings is 2. The summed E-state index contributed by atoms with van der Waals surface area (Å²) in [5.41, 5.74) is 8.51. The van der Waals surface area contributed by atoms with Crippen molar-refractivity contribution >= 4 is 63.1 Å². The van der Waals surface area contributed by atoms with Gasteiger partial charge in [-0.25, -0.2) is 14.2 Å². The number of nitrogens with one attached hydrogen (secondary N) is 1. The predicted molar refractivity (Wildman–Crippen MR) is 172 cm³/mol. The fraction of sp³-hybridized carbons (Fsp3) is 0.233. The van der Waals surface area contributed by atoms with Gasteiger partial charge in [-0.05, 0) is 11.1 Å². The third-order valence-corrected chi connectivity index (χ3v) is 9.57. The number of hydrogen-bond acceptors (Lipinski definition) is 14.